The maximum Gasteiger partial charge on any atom is 0.279 e. The molecular formula is C18H15BrN2O3S2. The lowest BCUT2D eigenvalue weighted by Gasteiger charge is -2.04. The smallest absolute Gasteiger partial charge is 0.279 e. The fraction of sp³-hybridized carbons (Fsp3) is 0.222. The van der Waals surface area contributed by atoms with E-state index in [2.05, 4.69) is 31.7 Å². The van der Waals surface area contributed by atoms with Crippen LogP contribution in [0.3, 0.4) is 0 Å². The monoisotopic (exact) mass is 450 g/mol. The molecule has 5 nitrogen and oxygen atoms in total. The zero-order valence-electron chi connectivity index (χ0n) is 13.9. The van der Waals surface area contributed by atoms with E-state index in [1.165, 1.54) is 11.3 Å². The van der Waals surface area contributed by atoms with Gasteiger partial charge in [0.25, 0.3) is 5.91 Å². The number of rotatable bonds is 4. The molecule has 1 aliphatic heterocycles. The zero-order valence-corrected chi connectivity index (χ0v) is 17.1. The average Bonchev–Trinajstić information content (AvgIpc) is 3.22. The summed E-state index contributed by atoms with van der Waals surface area (Å²) in [5.41, 5.74) is 1.58. The van der Waals surface area contributed by atoms with Crippen LogP contribution in [-0.2, 0) is 6.54 Å². The lowest BCUT2D eigenvalue weighted by atomic mass is 10.2. The molecule has 0 saturated heterocycles. The molecule has 0 bridgehead atoms. The van der Waals surface area contributed by atoms with E-state index in [1.54, 1.807) is 23.9 Å². The van der Waals surface area contributed by atoms with Crippen molar-refractivity contribution in [1.29, 1.82) is 0 Å². The van der Waals surface area contributed by atoms with E-state index in [1.807, 2.05) is 24.3 Å². The summed E-state index contributed by atoms with van der Waals surface area (Å²) in [7, 11) is 0. The first-order valence-electron chi connectivity index (χ1n) is 7.92. The summed E-state index contributed by atoms with van der Waals surface area (Å²) >= 11 is 6.62. The largest absolute Gasteiger partial charge is 0.454 e. The Morgan fingerprint density at radius 3 is 2.73 bits per heavy atom. The highest BCUT2D eigenvalue weighted by molar-refractivity contribution is 9.10. The molecule has 0 aliphatic carbocycles. The van der Waals surface area contributed by atoms with Gasteiger partial charge in [0.05, 0.1) is 10.2 Å². The third-order valence-electron chi connectivity index (χ3n) is 3.98. The van der Waals surface area contributed by atoms with E-state index in [-0.39, 0.29) is 12.7 Å². The number of hydrogen-bond acceptors (Lipinski definition) is 5. The predicted octanol–water partition coefficient (Wildman–Crippen LogP) is 4.30. The van der Waals surface area contributed by atoms with Gasteiger partial charge in [0, 0.05) is 34.5 Å². The Kier molecular flexibility index (Phi) is 5.06. The Balaban J connectivity index is 1.82. The van der Waals surface area contributed by atoms with E-state index in [0.29, 0.717) is 10.4 Å². The van der Waals surface area contributed by atoms with Crippen molar-refractivity contribution in [3.8, 4) is 11.5 Å². The number of thiazole rings is 1. The molecule has 0 atom stereocenters. The van der Waals surface area contributed by atoms with Crippen LogP contribution < -0.4 is 14.3 Å². The minimum atomic E-state index is -0.248. The zero-order chi connectivity index (χ0) is 18.1. The van der Waals surface area contributed by atoms with Crippen molar-refractivity contribution < 1.29 is 14.3 Å². The SMILES string of the molecule is CSCCn1c(=NC(=O)c2ccc(Br)cc2)sc2cc3c(cc21)OCO3. The van der Waals surface area contributed by atoms with E-state index in [9.17, 15) is 4.79 Å². The second kappa shape index (κ2) is 7.46. The van der Waals surface area contributed by atoms with Gasteiger partial charge in [-0.1, -0.05) is 27.3 Å². The molecular weight excluding hydrogens is 436 g/mol. The quantitative estimate of drug-likeness (QED) is 0.594. The minimum Gasteiger partial charge on any atom is -0.454 e. The molecule has 0 saturated carbocycles. The number of halogens is 1. The Hall–Kier alpha value is -1.77. The molecule has 2 aromatic carbocycles. The molecule has 0 radical (unpaired) electrons. The second-order valence-electron chi connectivity index (χ2n) is 5.63. The van der Waals surface area contributed by atoms with Crippen LogP contribution in [0.25, 0.3) is 10.2 Å². The van der Waals surface area contributed by atoms with Crippen LogP contribution in [0.1, 0.15) is 10.4 Å². The third-order valence-corrected chi connectivity index (χ3v) is 6.15. The van der Waals surface area contributed by atoms with Crippen molar-refractivity contribution in [3.63, 3.8) is 0 Å². The normalized spacial score (nSPS) is 13.5. The number of nitrogens with zero attached hydrogens (tertiary/aromatic N) is 2. The van der Waals surface area contributed by atoms with Gasteiger partial charge >= 0.3 is 0 Å². The Labute approximate surface area is 166 Å². The summed E-state index contributed by atoms with van der Waals surface area (Å²) < 4.78 is 15.0. The number of aromatic nitrogens is 1. The van der Waals surface area contributed by atoms with Crippen LogP contribution in [0.5, 0.6) is 11.5 Å². The molecule has 4 rings (SSSR count). The number of benzene rings is 2. The molecule has 3 aromatic rings. The summed E-state index contributed by atoms with van der Waals surface area (Å²) in [5, 5.41) is 0. The first kappa shape index (κ1) is 17.6. The number of hydrogen-bond donors (Lipinski definition) is 0. The van der Waals surface area contributed by atoms with Gasteiger partial charge in [-0.3, -0.25) is 4.79 Å². The van der Waals surface area contributed by atoms with Gasteiger partial charge in [-0.15, -0.1) is 0 Å². The Morgan fingerprint density at radius 2 is 2.00 bits per heavy atom. The van der Waals surface area contributed by atoms with Crippen molar-refractivity contribution >= 4 is 55.2 Å². The molecule has 8 heteroatoms. The van der Waals surface area contributed by atoms with Crippen LogP contribution in [0.4, 0.5) is 0 Å². The molecule has 1 amide bonds. The molecule has 134 valence electrons. The molecule has 0 fully saturated rings. The Bertz CT molecular complexity index is 1040. The van der Waals surface area contributed by atoms with Crippen molar-refractivity contribution in [3.05, 3.63) is 51.2 Å². The van der Waals surface area contributed by atoms with E-state index < -0.39 is 0 Å². The number of carbonyl (C=O) groups excluding carboxylic acids is 1. The molecule has 1 aliphatic rings. The van der Waals surface area contributed by atoms with Crippen molar-refractivity contribution in [2.24, 2.45) is 4.99 Å². The van der Waals surface area contributed by atoms with Gasteiger partial charge in [-0.2, -0.15) is 16.8 Å². The number of amides is 1. The lowest BCUT2D eigenvalue weighted by molar-refractivity contribution is 0.0998. The van der Waals surface area contributed by atoms with Crippen molar-refractivity contribution in [2.75, 3.05) is 18.8 Å². The summed E-state index contributed by atoms with van der Waals surface area (Å²) in [5.74, 6) is 2.16. The van der Waals surface area contributed by atoms with Crippen molar-refractivity contribution in [1.82, 2.24) is 4.57 Å². The number of ether oxygens (including phenoxy) is 2. The summed E-state index contributed by atoms with van der Waals surface area (Å²) in [4.78, 5) is 17.7. The third kappa shape index (κ3) is 3.41. The molecule has 0 spiro atoms. The molecule has 26 heavy (non-hydrogen) atoms. The highest BCUT2D eigenvalue weighted by atomic mass is 79.9. The van der Waals surface area contributed by atoms with Gasteiger partial charge in [-0.25, -0.2) is 0 Å². The van der Waals surface area contributed by atoms with Crippen LogP contribution in [0.15, 0.2) is 45.9 Å². The van der Waals surface area contributed by atoms with Crippen molar-refractivity contribution in [2.45, 2.75) is 6.54 Å². The fourth-order valence-corrected chi connectivity index (χ4v) is 4.38. The molecule has 2 heterocycles. The second-order valence-corrected chi connectivity index (χ2v) is 8.54. The number of fused-ring (bicyclic) bond motifs is 2. The summed E-state index contributed by atoms with van der Waals surface area (Å²) in [6, 6.07) is 11.2. The molecule has 0 N–H and O–H groups in total. The van der Waals surface area contributed by atoms with E-state index in [0.717, 1.165) is 38.5 Å². The number of carbonyl (C=O) groups is 1. The van der Waals surface area contributed by atoms with Gasteiger partial charge in [0.2, 0.25) is 6.79 Å². The molecule has 0 unspecified atom stereocenters. The molecule has 1 aromatic heterocycles. The standard InChI is InChI=1S/C18H15BrN2O3S2/c1-25-7-6-21-13-8-14-15(24-10-23-14)9-16(13)26-18(21)20-17(22)11-2-4-12(19)5-3-11/h2-5,8-9H,6-7,10H2,1H3. The number of aryl methyl sites for hydroxylation is 1. The average molecular weight is 451 g/mol. The van der Waals surface area contributed by atoms with Crippen LogP contribution in [0, 0.1) is 0 Å². The topological polar surface area (TPSA) is 52.8 Å². The highest BCUT2D eigenvalue weighted by Gasteiger charge is 2.18. The Morgan fingerprint density at radius 1 is 1.27 bits per heavy atom. The van der Waals surface area contributed by atoms with E-state index >= 15 is 0 Å². The first-order valence-corrected chi connectivity index (χ1v) is 10.9. The maximum atomic E-state index is 12.6. The lowest BCUT2D eigenvalue weighted by Crippen LogP contribution is -2.18. The fourth-order valence-electron chi connectivity index (χ4n) is 2.69. The van der Waals surface area contributed by atoms with Gasteiger partial charge in [-0.05, 0) is 30.5 Å². The van der Waals surface area contributed by atoms with Gasteiger partial charge < -0.3 is 14.0 Å². The summed E-state index contributed by atoms with van der Waals surface area (Å²) in [6.07, 6.45) is 2.06. The predicted molar refractivity (Wildman–Crippen MR) is 108 cm³/mol. The van der Waals surface area contributed by atoms with Gasteiger partial charge in [0.15, 0.2) is 16.3 Å². The maximum absolute atomic E-state index is 12.6. The number of thioether (sulfide) groups is 1. The first-order chi connectivity index (χ1) is 12.7. The van der Waals surface area contributed by atoms with Crippen LogP contribution in [0.2, 0.25) is 0 Å². The van der Waals surface area contributed by atoms with Crippen LogP contribution >= 0.6 is 39.0 Å². The van der Waals surface area contributed by atoms with Crippen LogP contribution in [-0.4, -0.2) is 29.3 Å². The minimum absolute atomic E-state index is 0.247. The summed E-state index contributed by atoms with van der Waals surface area (Å²) in [6.45, 7) is 1.02. The van der Waals surface area contributed by atoms with Gasteiger partial charge in [0.1, 0.15) is 0 Å². The van der Waals surface area contributed by atoms with E-state index in [4.69, 9.17) is 9.47 Å². The highest BCUT2D eigenvalue weighted by Crippen LogP contribution is 2.37.